The molecule has 5 nitrogen and oxygen atoms in total. The lowest BCUT2D eigenvalue weighted by molar-refractivity contribution is 0.171. The summed E-state index contributed by atoms with van der Waals surface area (Å²) in [6.07, 6.45) is 3.28. The van der Waals surface area contributed by atoms with Crippen molar-refractivity contribution < 1.29 is 18.6 Å². The van der Waals surface area contributed by atoms with E-state index < -0.39 is 0 Å². The molecular formula is C26H20O5. The van der Waals surface area contributed by atoms with Crippen LogP contribution in [0.1, 0.15) is 11.1 Å². The summed E-state index contributed by atoms with van der Waals surface area (Å²) in [6.45, 7) is 5.19. The molecule has 154 valence electrons. The fourth-order valence-corrected chi connectivity index (χ4v) is 3.53. The van der Waals surface area contributed by atoms with E-state index in [0.717, 1.165) is 16.7 Å². The van der Waals surface area contributed by atoms with Gasteiger partial charge < -0.3 is 18.6 Å². The van der Waals surface area contributed by atoms with E-state index in [0.29, 0.717) is 53.6 Å². The molecule has 0 atom stereocenters. The van der Waals surface area contributed by atoms with Crippen LogP contribution in [-0.4, -0.2) is 13.2 Å². The summed E-state index contributed by atoms with van der Waals surface area (Å²) in [7, 11) is 0. The monoisotopic (exact) mass is 412 g/mol. The Bertz CT molecular complexity index is 1320. The van der Waals surface area contributed by atoms with Crippen LogP contribution in [-0.2, 0) is 6.61 Å². The van der Waals surface area contributed by atoms with E-state index in [1.54, 1.807) is 24.3 Å². The maximum absolute atomic E-state index is 13.1. The Balaban J connectivity index is 1.40. The van der Waals surface area contributed by atoms with Gasteiger partial charge in [-0.15, -0.1) is 0 Å². The quantitative estimate of drug-likeness (QED) is 0.436. The first-order valence-corrected chi connectivity index (χ1v) is 10.0. The van der Waals surface area contributed by atoms with Gasteiger partial charge in [-0.2, -0.15) is 0 Å². The van der Waals surface area contributed by atoms with Gasteiger partial charge in [0.2, 0.25) is 0 Å². The minimum atomic E-state index is -0.107. The summed E-state index contributed by atoms with van der Waals surface area (Å²) in [5.74, 6) is 1.95. The lowest BCUT2D eigenvalue weighted by Crippen LogP contribution is -2.15. The van der Waals surface area contributed by atoms with Crippen molar-refractivity contribution in [3.63, 3.8) is 0 Å². The fraction of sp³-hybridized carbons (Fsp3) is 0.115. The van der Waals surface area contributed by atoms with Crippen LogP contribution >= 0.6 is 0 Å². The summed E-state index contributed by atoms with van der Waals surface area (Å²) in [5, 5.41) is 0.495. The molecule has 1 aliphatic heterocycles. The molecule has 3 aromatic carbocycles. The Kier molecular flexibility index (Phi) is 4.92. The highest BCUT2D eigenvalue weighted by Gasteiger charge is 2.15. The number of ether oxygens (including phenoxy) is 3. The predicted molar refractivity (Wildman–Crippen MR) is 120 cm³/mol. The van der Waals surface area contributed by atoms with Crippen LogP contribution in [0.15, 0.2) is 82.7 Å². The Labute approximate surface area is 179 Å². The number of hydrogen-bond donors (Lipinski definition) is 0. The molecule has 5 heteroatoms. The molecule has 0 radical (unpaired) electrons. The van der Waals surface area contributed by atoms with E-state index in [2.05, 4.69) is 6.58 Å². The molecule has 0 aliphatic carbocycles. The number of benzene rings is 3. The number of fused-ring (bicyclic) bond motifs is 2. The van der Waals surface area contributed by atoms with Crippen molar-refractivity contribution in [1.29, 1.82) is 0 Å². The lowest BCUT2D eigenvalue weighted by atomic mass is 10.0. The largest absolute Gasteiger partial charge is 0.489 e. The minimum Gasteiger partial charge on any atom is -0.489 e. The average Bonchev–Trinajstić information content (AvgIpc) is 2.83. The maximum atomic E-state index is 13.1. The molecule has 1 aromatic heterocycles. The molecule has 0 saturated carbocycles. The first-order chi connectivity index (χ1) is 15.2. The second kappa shape index (κ2) is 8.03. The maximum Gasteiger partial charge on any atom is 0.200 e. The van der Waals surface area contributed by atoms with Gasteiger partial charge >= 0.3 is 0 Å². The van der Waals surface area contributed by atoms with Gasteiger partial charge in [0.1, 0.15) is 37.4 Å². The Morgan fingerprint density at radius 1 is 0.935 bits per heavy atom. The van der Waals surface area contributed by atoms with Gasteiger partial charge in [-0.05, 0) is 41.0 Å². The third-order valence-electron chi connectivity index (χ3n) is 5.22. The van der Waals surface area contributed by atoms with Crippen LogP contribution in [0, 0.1) is 0 Å². The Morgan fingerprint density at radius 2 is 1.74 bits per heavy atom. The molecule has 5 rings (SSSR count). The van der Waals surface area contributed by atoms with E-state index in [-0.39, 0.29) is 5.43 Å². The zero-order valence-corrected chi connectivity index (χ0v) is 16.8. The summed E-state index contributed by atoms with van der Waals surface area (Å²) in [6, 6.07) is 18.7. The molecule has 0 unspecified atom stereocenters. The van der Waals surface area contributed by atoms with Crippen LogP contribution < -0.4 is 19.6 Å². The van der Waals surface area contributed by atoms with E-state index >= 15 is 0 Å². The number of hydrogen-bond acceptors (Lipinski definition) is 5. The molecule has 1 aliphatic rings. The summed E-state index contributed by atoms with van der Waals surface area (Å²) >= 11 is 0. The van der Waals surface area contributed by atoms with Crippen molar-refractivity contribution in [2.45, 2.75) is 6.61 Å². The second-order valence-electron chi connectivity index (χ2n) is 7.23. The molecular weight excluding hydrogens is 392 g/mol. The van der Waals surface area contributed by atoms with Crippen LogP contribution in [0.5, 0.6) is 17.2 Å². The topological polar surface area (TPSA) is 57.9 Å². The van der Waals surface area contributed by atoms with Gasteiger partial charge in [-0.3, -0.25) is 4.79 Å². The Hall–Kier alpha value is -3.99. The van der Waals surface area contributed by atoms with Crippen LogP contribution in [0.3, 0.4) is 0 Å². The highest BCUT2D eigenvalue weighted by Crippen LogP contribution is 2.34. The fourth-order valence-electron chi connectivity index (χ4n) is 3.53. The molecule has 0 spiro atoms. The first-order valence-electron chi connectivity index (χ1n) is 10.0. The van der Waals surface area contributed by atoms with Crippen molar-refractivity contribution in [2.24, 2.45) is 0 Å². The van der Waals surface area contributed by atoms with Crippen molar-refractivity contribution in [3.8, 4) is 28.4 Å². The standard InChI is InChI=1S/C26H20O5/c1-2-17-3-5-18(6-4-17)15-30-20-8-9-21-24(14-20)31-16-22(26(21)27)19-7-10-23-25(13-19)29-12-11-28-23/h2-10,13-14,16H,1,11-12,15H2. The van der Waals surface area contributed by atoms with Gasteiger partial charge in [0.05, 0.1) is 10.9 Å². The van der Waals surface area contributed by atoms with Crippen LogP contribution in [0.25, 0.3) is 28.2 Å². The van der Waals surface area contributed by atoms with Crippen LogP contribution in [0.4, 0.5) is 0 Å². The molecule has 0 fully saturated rings. The molecule has 31 heavy (non-hydrogen) atoms. The third-order valence-corrected chi connectivity index (χ3v) is 5.22. The summed E-state index contributed by atoms with van der Waals surface area (Å²) in [5.41, 5.74) is 3.67. The SMILES string of the molecule is C=Cc1ccc(COc2ccc3c(=O)c(-c4ccc5c(c4)OCCO5)coc3c2)cc1. The van der Waals surface area contributed by atoms with Gasteiger partial charge in [0.15, 0.2) is 16.9 Å². The summed E-state index contributed by atoms with van der Waals surface area (Å²) < 4.78 is 22.8. The molecule has 2 heterocycles. The zero-order chi connectivity index (χ0) is 21.2. The first kappa shape index (κ1) is 19.0. The zero-order valence-electron chi connectivity index (χ0n) is 16.8. The van der Waals surface area contributed by atoms with Crippen molar-refractivity contribution in [3.05, 3.63) is 94.9 Å². The van der Waals surface area contributed by atoms with Gasteiger partial charge in [-0.1, -0.05) is 43.0 Å². The van der Waals surface area contributed by atoms with Gasteiger partial charge in [0, 0.05) is 6.07 Å². The third kappa shape index (κ3) is 3.78. The normalized spacial score (nSPS) is 12.5. The van der Waals surface area contributed by atoms with Crippen LogP contribution in [0.2, 0.25) is 0 Å². The molecule has 0 saturated heterocycles. The highest BCUT2D eigenvalue weighted by atomic mass is 16.6. The van der Waals surface area contributed by atoms with E-state index in [1.165, 1.54) is 6.26 Å². The summed E-state index contributed by atoms with van der Waals surface area (Å²) in [4.78, 5) is 13.1. The lowest BCUT2D eigenvalue weighted by Gasteiger charge is -2.18. The molecule has 0 bridgehead atoms. The average molecular weight is 412 g/mol. The smallest absolute Gasteiger partial charge is 0.200 e. The van der Waals surface area contributed by atoms with E-state index in [4.69, 9.17) is 18.6 Å². The van der Waals surface area contributed by atoms with E-state index in [1.807, 2.05) is 42.5 Å². The van der Waals surface area contributed by atoms with Crippen molar-refractivity contribution in [2.75, 3.05) is 13.2 Å². The minimum absolute atomic E-state index is 0.107. The predicted octanol–water partition coefficient (Wildman–Crippen LogP) is 5.45. The van der Waals surface area contributed by atoms with E-state index in [9.17, 15) is 4.79 Å². The van der Waals surface area contributed by atoms with Gasteiger partial charge in [-0.25, -0.2) is 0 Å². The van der Waals surface area contributed by atoms with Crippen molar-refractivity contribution >= 4 is 17.0 Å². The van der Waals surface area contributed by atoms with Gasteiger partial charge in [0.25, 0.3) is 0 Å². The second-order valence-corrected chi connectivity index (χ2v) is 7.23. The molecule has 4 aromatic rings. The molecule has 0 amide bonds. The highest BCUT2D eigenvalue weighted by molar-refractivity contribution is 5.83. The molecule has 0 N–H and O–H groups in total. The van der Waals surface area contributed by atoms with Crippen molar-refractivity contribution in [1.82, 2.24) is 0 Å². The Morgan fingerprint density at radius 3 is 2.55 bits per heavy atom. The number of rotatable bonds is 5.